The van der Waals surface area contributed by atoms with Crippen molar-refractivity contribution in [1.82, 2.24) is 10.6 Å². The van der Waals surface area contributed by atoms with E-state index in [1.165, 1.54) is 6.07 Å². The lowest BCUT2D eigenvalue weighted by atomic mass is 10.1. The van der Waals surface area contributed by atoms with Gasteiger partial charge in [-0.15, -0.1) is 0 Å². The molecule has 0 aliphatic rings. The molecule has 0 unspecified atom stereocenters. The number of hydrogen-bond donors (Lipinski definition) is 2. The fraction of sp³-hybridized carbons (Fsp3) is 0.263. The van der Waals surface area contributed by atoms with Crippen molar-refractivity contribution < 1.29 is 14.3 Å². The van der Waals surface area contributed by atoms with Gasteiger partial charge in [-0.05, 0) is 49.2 Å². The van der Waals surface area contributed by atoms with Crippen LogP contribution in [0.4, 0.5) is 0 Å². The average Bonchev–Trinajstić information content (AvgIpc) is 2.59. The fourth-order valence-corrected chi connectivity index (χ4v) is 2.72. The summed E-state index contributed by atoms with van der Waals surface area (Å²) in [6.07, 6.45) is 0. The Labute approximate surface area is 162 Å². The maximum atomic E-state index is 12.0. The van der Waals surface area contributed by atoms with Crippen molar-refractivity contribution in [2.45, 2.75) is 13.8 Å². The molecule has 0 bridgehead atoms. The SMILES string of the molecule is Cc1cccc(OCC(=O)NCCNC(=O)c2ccc(Cl)cc2Cl)c1C. The molecule has 2 aromatic carbocycles. The zero-order valence-electron chi connectivity index (χ0n) is 14.6. The van der Waals surface area contributed by atoms with E-state index in [9.17, 15) is 9.59 Å². The van der Waals surface area contributed by atoms with Crippen LogP contribution in [0.5, 0.6) is 5.75 Å². The molecule has 26 heavy (non-hydrogen) atoms. The zero-order chi connectivity index (χ0) is 19.1. The van der Waals surface area contributed by atoms with Gasteiger partial charge in [0.2, 0.25) is 0 Å². The van der Waals surface area contributed by atoms with Gasteiger partial charge in [-0.25, -0.2) is 0 Å². The smallest absolute Gasteiger partial charge is 0.258 e. The summed E-state index contributed by atoms with van der Waals surface area (Å²) >= 11 is 11.8. The molecule has 0 saturated heterocycles. The zero-order valence-corrected chi connectivity index (χ0v) is 16.1. The van der Waals surface area contributed by atoms with Crippen LogP contribution in [0.25, 0.3) is 0 Å². The van der Waals surface area contributed by atoms with E-state index in [-0.39, 0.29) is 36.5 Å². The van der Waals surface area contributed by atoms with Crippen LogP contribution in [0, 0.1) is 13.8 Å². The summed E-state index contributed by atoms with van der Waals surface area (Å²) in [6.45, 7) is 4.40. The maximum absolute atomic E-state index is 12.0. The lowest BCUT2D eigenvalue weighted by molar-refractivity contribution is -0.123. The van der Waals surface area contributed by atoms with Crippen molar-refractivity contribution in [3.63, 3.8) is 0 Å². The van der Waals surface area contributed by atoms with Gasteiger partial charge in [0.1, 0.15) is 5.75 Å². The first kappa shape index (κ1) is 20.1. The standard InChI is InChI=1S/C19H20Cl2N2O3/c1-12-4-3-5-17(13(12)2)26-11-18(24)22-8-9-23-19(25)15-7-6-14(20)10-16(15)21/h3-7,10H,8-9,11H2,1-2H3,(H,22,24)(H,23,25). The molecular formula is C19H20Cl2N2O3. The van der Waals surface area contributed by atoms with E-state index >= 15 is 0 Å². The second kappa shape index (κ2) is 9.46. The van der Waals surface area contributed by atoms with Gasteiger partial charge in [0.25, 0.3) is 11.8 Å². The molecule has 2 amide bonds. The molecule has 2 N–H and O–H groups in total. The molecule has 2 rings (SSSR count). The highest BCUT2D eigenvalue weighted by Gasteiger charge is 2.10. The van der Waals surface area contributed by atoms with E-state index in [0.717, 1.165) is 11.1 Å². The minimum atomic E-state index is -0.326. The molecule has 0 saturated carbocycles. The Morgan fingerprint density at radius 1 is 1.04 bits per heavy atom. The van der Waals surface area contributed by atoms with Gasteiger partial charge < -0.3 is 15.4 Å². The molecule has 0 aromatic heterocycles. The number of hydrogen-bond acceptors (Lipinski definition) is 3. The van der Waals surface area contributed by atoms with Gasteiger partial charge >= 0.3 is 0 Å². The lowest BCUT2D eigenvalue weighted by Gasteiger charge is -2.11. The number of rotatable bonds is 7. The van der Waals surface area contributed by atoms with Crippen LogP contribution in [-0.2, 0) is 4.79 Å². The number of aryl methyl sites for hydroxylation is 1. The van der Waals surface area contributed by atoms with E-state index in [2.05, 4.69) is 10.6 Å². The molecular weight excluding hydrogens is 375 g/mol. The van der Waals surface area contributed by atoms with E-state index in [4.69, 9.17) is 27.9 Å². The third-order valence-electron chi connectivity index (χ3n) is 3.82. The molecule has 0 radical (unpaired) electrons. The van der Waals surface area contributed by atoms with Crippen molar-refractivity contribution in [3.05, 3.63) is 63.1 Å². The quantitative estimate of drug-likeness (QED) is 0.705. The van der Waals surface area contributed by atoms with Gasteiger partial charge in [-0.3, -0.25) is 9.59 Å². The predicted octanol–water partition coefficient (Wildman–Crippen LogP) is 3.54. The first-order valence-electron chi connectivity index (χ1n) is 8.07. The topological polar surface area (TPSA) is 67.4 Å². The average molecular weight is 395 g/mol. The highest BCUT2D eigenvalue weighted by atomic mass is 35.5. The summed E-state index contributed by atoms with van der Waals surface area (Å²) in [4.78, 5) is 23.9. The van der Waals surface area contributed by atoms with Gasteiger partial charge in [0.15, 0.2) is 6.61 Å². The van der Waals surface area contributed by atoms with E-state index in [1.54, 1.807) is 12.1 Å². The van der Waals surface area contributed by atoms with Crippen LogP contribution in [0.2, 0.25) is 10.0 Å². The molecule has 0 atom stereocenters. The molecule has 7 heteroatoms. The van der Waals surface area contributed by atoms with Crippen molar-refractivity contribution >= 4 is 35.0 Å². The summed E-state index contributed by atoms with van der Waals surface area (Å²) in [5, 5.41) is 6.11. The normalized spacial score (nSPS) is 10.3. The number of ether oxygens (including phenoxy) is 1. The summed E-state index contributed by atoms with van der Waals surface area (Å²) in [5.41, 5.74) is 2.44. The monoisotopic (exact) mass is 394 g/mol. The van der Waals surface area contributed by atoms with Crippen LogP contribution in [-0.4, -0.2) is 31.5 Å². The van der Waals surface area contributed by atoms with Gasteiger partial charge in [0.05, 0.1) is 10.6 Å². The van der Waals surface area contributed by atoms with E-state index < -0.39 is 0 Å². The summed E-state index contributed by atoms with van der Waals surface area (Å²) in [5.74, 6) is 0.100. The second-order valence-electron chi connectivity index (χ2n) is 5.72. The molecule has 0 aliphatic carbocycles. The second-order valence-corrected chi connectivity index (χ2v) is 6.56. The molecule has 0 aliphatic heterocycles. The van der Waals surface area contributed by atoms with E-state index in [1.807, 2.05) is 32.0 Å². The third-order valence-corrected chi connectivity index (χ3v) is 4.37. The number of carbonyl (C=O) groups excluding carboxylic acids is 2. The summed E-state index contributed by atoms with van der Waals surface area (Å²) in [7, 11) is 0. The van der Waals surface area contributed by atoms with Crippen molar-refractivity contribution in [2.75, 3.05) is 19.7 Å². The minimum absolute atomic E-state index is 0.0821. The first-order chi connectivity index (χ1) is 12.4. The Hall–Kier alpha value is -2.24. The number of nitrogens with one attached hydrogen (secondary N) is 2. The molecule has 0 heterocycles. The first-order valence-corrected chi connectivity index (χ1v) is 8.83. The van der Waals surface area contributed by atoms with Crippen LogP contribution < -0.4 is 15.4 Å². The Bertz CT molecular complexity index is 809. The molecule has 2 aromatic rings. The molecule has 138 valence electrons. The summed E-state index contributed by atoms with van der Waals surface area (Å²) in [6, 6.07) is 10.3. The van der Waals surface area contributed by atoms with Crippen molar-refractivity contribution in [2.24, 2.45) is 0 Å². The minimum Gasteiger partial charge on any atom is -0.483 e. The van der Waals surface area contributed by atoms with Crippen LogP contribution in [0.15, 0.2) is 36.4 Å². The van der Waals surface area contributed by atoms with E-state index in [0.29, 0.717) is 16.3 Å². The number of amides is 2. The molecule has 0 spiro atoms. The molecule has 0 fully saturated rings. The number of halogens is 2. The summed E-state index contributed by atoms with van der Waals surface area (Å²) < 4.78 is 5.52. The lowest BCUT2D eigenvalue weighted by Crippen LogP contribution is -2.36. The van der Waals surface area contributed by atoms with Crippen LogP contribution in [0.3, 0.4) is 0 Å². The Kier molecular flexibility index (Phi) is 7.30. The van der Waals surface area contributed by atoms with Gasteiger partial charge in [-0.1, -0.05) is 35.3 Å². The highest BCUT2D eigenvalue weighted by molar-refractivity contribution is 6.36. The largest absolute Gasteiger partial charge is 0.483 e. The third kappa shape index (κ3) is 5.64. The van der Waals surface area contributed by atoms with Crippen LogP contribution >= 0.6 is 23.2 Å². The van der Waals surface area contributed by atoms with Gasteiger partial charge in [-0.2, -0.15) is 0 Å². The Morgan fingerprint density at radius 2 is 1.77 bits per heavy atom. The number of benzene rings is 2. The predicted molar refractivity (Wildman–Crippen MR) is 103 cm³/mol. The Balaban J connectivity index is 1.71. The fourth-order valence-electron chi connectivity index (χ4n) is 2.22. The highest BCUT2D eigenvalue weighted by Crippen LogP contribution is 2.21. The van der Waals surface area contributed by atoms with Gasteiger partial charge in [0, 0.05) is 18.1 Å². The maximum Gasteiger partial charge on any atom is 0.258 e. The Morgan fingerprint density at radius 3 is 2.50 bits per heavy atom. The molecule has 5 nitrogen and oxygen atoms in total. The van der Waals surface area contributed by atoms with Crippen molar-refractivity contribution in [3.8, 4) is 5.75 Å². The van der Waals surface area contributed by atoms with Crippen LogP contribution in [0.1, 0.15) is 21.5 Å². The number of carbonyl (C=O) groups is 2. The van der Waals surface area contributed by atoms with Crippen molar-refractivity contribution in [1.29, 1.82) is 0 Å².